The van der Waals surface area contributed by atoms with E-state index in [9.17, 15) is 0 Å². The van der Waals surface area contributed by atoms with Crippen LogP contribution >= 0.6 is 24.8 Å². The number of anilines is 1. The summed E-state index contributed by atoms with van der Waals surface area (Å²) in [5, 5.41) is 3.40. The van der Waals surface area contributed by atoms with Gasteiger partial charge in [-0.2, -0.15) is 0 Å². The molecule has 0 aromatic heterocycles. The molecule has 0 amide bonds. The maximum Gasteiger partial charge on any atom is 0.104 e. The maximum absolute atomic E-state index is 5.83. The van der Waals surface area contributed by atoms with Gasteiger partial charge in [-0.05, 0) is 42.5 Å². The zero-order chi connectivity index (χ0) is 11.0. The smallest absolute Gasteiger partial charge is 0.104 e. The van der Waals surface area contributed by atoms with Crippen LogP contribution < -0.4 is 11.1 Å². The molecule has 1 atom stereocenters. The molecule has 2 aliphatic rings. The molecule has 0 saturated heterocycles. The Morgan fingerprint density at radius 1 is 1.28 bits per heavy atom. The van der Waals surface area contributed by atoms with Crippen molar-refractivity contribution in [2.24, 2.45) is 4.99 Å². The van der Waals surface area contributed by atoms with E-state index >= 15 is 0 Å². The van der Waals surface area contributed by atoms with Gasteiger partial charge in [-0.1, -0.05) is 6.07 Å². The summed E-state index contributed by atoms with van der Waals surface area (Å²) in [4.78, 5) is 4.55. The van der Waals surface area contributed by atoms with Crippen molar-refractivity contribution in [3.8, 4) is 0 Å². The van der Waals surface area contributed by atoms with E-state index in [1.54, 1.807) is 0 Å². The molecule has 3 N–H and O–H groups in total. The van der Waals surface area contributed by atoms with Crippen LogP contribution in [-0.2, 0) is 6.42 Å². The van der Waals surface area contributed by atoms with E-state index in [1.807, 2.05) is 6.07 Å². The van der Waals surface area contributed by atoms with Gasteiger partial charge in [-0.3, -0.25) is 4.99 Å². The molecular weight excluding hydrogens is 269 g/mol. The molecule has 1 unspecified atom stereocenters. The van der Waals surface area contributed by atoms with Crippen LogP contribution in [0.15, 0.2) is 23.2 Å². The van der Waals surface area contributed by atoms with E-state index in [4.69, 9.17) is 5.73 Å². The molecule has 0 bridgehead atoms. The molecular formula is C13H19Cl2N3. The minimum atomic E-state index is 0. The number of hydrogen-bond acceptors (Lipinski definition) is 3. The van der Waals surface area contributed by atoms with Crippen LogP contribution in [0.2, 0.25) is 0 Å². The topological polar surface area (TPSA) is 50.4 Å². The highest BCUT2D eigenvalue weighted by Gasteiger charge is 2.25. The van der Waals surface area contributed by atoms with Crippen molar-refractivity contribution in [2.75, 3.05) is 18.8 Å². The summed E-state index contributed by atoms with van der Waals surface area (Å²) in [7, 11) is 0. The Kier molecular flexibility index (Phi) is 5.29. The standard InChI is InChI=1S/C13H17N3.2ClH/c14-10-4-5-11-9(8-10)2-1-3-12(11)13-15-6-7-16-13;;/h4-5,8,12H,1-3,6-7,14H2,(H,15,16);2*1H. The predicted molar refractivity (Wildman–Crippen MR) is 81.3 cm³/mol. The second kappa shape index (κ2) is 6.30. The normalized spacial score (nSPS) is 20.9. The molecule has 5 heteroatoms. The van der Waals surface area contributed by atoms with Gasteiger partial charge in [0.05, 0.1) is 6.54 Å². The molecule has 0 saturated carbocycles. The number of amidine groups is 1. The Morgan fingerprint density at radius 3 is 2.83 bits per heavy atom. The summed E-state index contributed by atoms with van der Waals surface area (Å²) < 4.78 is 0. The van der Waals surface area contributed by atoms with E-state index in [0.717, 1.165) is 25.2 Å². The fourth-order valence-electron chi connectivity index (χ4n) is 2.77. The summed E-state index contributed by atoms with van der Waals surface area (Å²) in [5.41, 5.74) is 9.55. The molecule has 100 valence electrons. The number of aryl methyl sites for hydroxylation is 1. The Labute approximate surface area is 120 Å². The fourth-order valence-corrected chi connectivity index (χ4v) is 2.77. The third-order valence-electron chi connectivity index (χ3n) is 3.51. The van der Waals surface area contributed by atoms with Crippen molar-refractivity contribution >= 4 is 36.3 Å². The van der Waals surface area contributed by atoms with Crippen LogP contribution in [0.3, 0.4) is 0 Å². The molecule has 1 aliphatic carbocycles. The summed E-state index contributed by atoms with van der Waals surface area (Å²) in [5.74, 6) is 1.66. The second-order valence-electron chi connectivity index (χ2n) is 4.60. The number of fused-ring (bicyclic) bond motifs is 1. The maximum atomic E-state index is 5.83. The quantitative estimate of drug-likeness (QED) is 0.780. The first kappa shape index (κ1) is 15.1. The number of benzene rings is 1. The summed E-state index contributed by atoms with van der Waals surface area (Å²) in [6, 6.07) is 6.31. The first-order valence-corrected chi connectivity index (χ1v) is 6.01. The molecule has 18 heavy (non-hydrogen) atoms. The largest absolute Gasteiger partial charge is 0.399 e. The van der Waals surface area contributed by atoms with Crippen LogP contribution in [0.4, 0.5) is 5.69 Å². The predicted octanol–water partition coefficient (Wildman–Crippen LogP) is 2.53. The third-order valence-corrected chi connectivity index (χ3v) is 3.51. The van der Waals surface area contributed by atoms with Gasteiger partial charge in [-0.15, -0.1) is 24.8 Å². The van der Waals surface area contributed by atoms with Gasteiger partial charge >= 0.3 is 0 Å². The van der Waals surface area contributed by atoms with Crippen molar-refractivity contribution in [3.63, 3.8) is 0 Å². The van der Waals surface area contributed by atoms with Gasteiger partial charge in [-0.25, -0.2) is 0 Å². The van der Waals surface area contributed by atoms with E-state index < -0.39 is 0 Å². The van der Waals surface area contributed by atoms with Crippen LogP contribution in [0.25, 0.3) is 0 Å². The number of rotatable bonds is 1. The molecule has 1 heterocycles. The number of nitrogens with one attached hydrogen (secondary N) is 1. The van der Waals surface area contributed by atoms with Crippen molar-refractivity contribution in [2.45, 2.75) is 25.2 Å². The van der Waals surface area contributed by atoms with E-state index in [0.29, 0.717) is 5.92 Å². The SMILES string of the molecule is Cl.Cl.Nc1ccc2c(c1)CCCC2C1=NCCN1. The molecule has 1 aromatic rings. The van der Waals surface area contributed by atoms with Crippen molar-refractivity contribution < 1.29 is 0 Å². The lowest BCUT2D eigenvalue weighted by Gasteiger charge is -2.26. The van der Waals surface area contributed by atoms with Gasteiger partial charge in [0.15, 0.2) is 0 Å². The molecule has 0 spiro atoms. The number of nitrogens with two attached hydrogens (primary N) is 1. The molecule has 3 rings (SSSR count). The molecule has 1 aliphatic heterocycles. The number of nitrogen functional groups attached to an aromatic ring is 1. The van der Waals surface area contributed by atoms with Crippen LogP contribution in [-0.4, -0.2) is 18.9 Å². The summed E-state index contributed by atoms with van der Waals surface area (Å²) in [6.45, 7) is 1.92. The number of nitrogens with zero attached hydrogens (tertiary/aromatic N) is 1. The average molecular weight is 288 g/mol. The highest BCUT2D eigenvalue weighted by molar-refractivity contribution is 5.90. The minimum absolute atomic E-state index is 0. The van der Waals surface area contributed by atoms with E-state index in [2.05, 4.69) is 22.4 Å². The molecule has 3 nitrogen and oxygen atoms in total. The second-order valence-corrected chi connectivity index (χ2v) is 4.60. The molecule has 1 aromatic carbocycles. The van der Waals surface area contributed by atoms with Crippen LogP contribution in [0.5, 0.6) is 0 Å². The van der Waals surface area contributed by atoms with Gasteiger partial charge in [0.1, 0.15) is 5.84 Å². The van der Waals surface area contributed by atoms with Crippen LogP contribution in [0, 0.1) is 0 Å². The Morgan fingerprint density at radius 2 is 2.11 bits per heavy atom. The van der Waals surface area contributed by atoms with E-state index in [-0.39, 0.29) is 24.8 Å². The minimum Gasteiger partial charge on any atom is -0.399 e. The zero-order valence-corrected chi connectivity index (χ0v) is 11.8. The third kappa shape index (κ3) is 2.73. The van der Waals surface area contributed by atoms with Gasteiger partial charge in [0.2, 0.25) is 0 Å². The van der Waals surface area contributed by atoms with Crippen molar-refractivity contribution in [3.05, 3.63) is 29.3 Å². The first-order chi connectivity index (χ1) is 7.84. The summed E-state index contributed by atoms with van der Waals surface area (Å²) >= 11 is 0. The van der Waals surface area contributed by atoms with Crippen molar-refractivity contribution in [1.29, 1.82) is 0 Å². The lowest BCUT2D eigenvalue weighted by atomic mass is 9.82. The Balaban J connectivity index is 0.000000810. The lowest BCUT2D eigenvalue weighted by Crippen LogP contribution is -2.28. The highest BCUT2D eigenvalue weighted by Crippen LogP contribution is 2.33. The first-order valence-electron chi connectivity index (χ1n) is 6.01. The van der Waals surface area contributed by atoms with Gasteiger partial charge in [0, 0.05) is 18.2 Å². The monoisotopic (exact) mass is 287 g/mol. The molecule has 0 radical (unpaired) electrons. The molecule has 0 fully saturated rings. The van der Waals surface area contributed by atoms with Crippen LogP contribution in [0.1, 0.15) is 29.9 Å². The fraction of sp³-hybridized carbons (Fsp3) is 0.462. The number of hydrogen-bond donors (Lipinski definition) is 2. The van der Waals surface area contributed by atoms with E-state index in [1.165, 1.54) is 29.8 Å². The zero-order valence-electron chi connectivity index (χ0n) is 10.2. The Bertz CT molecular complexity index is 446. The van der Waals surface area contributed by atoms with Gasteiger partial charge in [0.25, 0.3) is 0 Å². The highest BCUT2D eigenvalue weighted by atomic mass is 35.5. The average Bonchev–Trinajstić information content (AvgIpc) is 2.81. The lowest BCUT2D eigenvalue weighted by molar-refractivity contribution is 0.642. The summed E-state index contributed by atoms with van der Waals surface area (Å²) in [6.07, 6.45) is 3.61. The van der Waals surface area contributed by atoms with Gasteiger partial charge < -0.3 is 11.1 Å². The Hall–Kier alpha value is -0.930. The number of aliphatic imine (C=N–C) groups is 1. The van der Waals surface area contributed by atoms with Crippen molar-refractivity contribution in [1.82, 2.24) is 5.32 Å². The number of halogens is 2.